The van der Waals surface area contributed by atoms with Crippen molar-refractivity contribution in [2.75, 3.05) is 6.54 Å². The summed E-state index contributed by atoms with van der Waals surface area (Å²) >= 11 is 6.21. The molecule has 0 unspecified atom stereocenters. The van der Waals surface area contributed by atoms with E-state index < -0.39 is 6.04 Å². The van der Waals surface area contributed by atoms with Gasteiger partial charge in [0.05, 0.1) is 0 Å². The number of benzene rings is 2. The molecule has 0 bridgehead atoms. The van der Waals surface area contributed by atoms with E-state index in [1.807, 2.05) is 68.4 Å². The molecule has 1 N–H and O–H groups in total. The minimum atomic E-state index is -0.482. The fraction of sp³-hybridized carbons (Fsp3) is 0.364. The van der Waals surface area contributed by atoms with Crippen molar-refractivity contribution in [3.63, 3.8) is 0 Å². The van der Waals surface area contributed by atoms with Gasteiger partial charge >= 0.3 is 0 Å². The highest BCUT2D eigenvalue weighted by atomic mass is 35.5. The molecule has 4 nitrogen and oxygen atoms in total. The lowest BCUT2D eigenvalue weighted by Gasteiger charge is -2.30. The lowest BCUT2D eigenvalue weighted by atomic mass is 10.1. The Kier molecular flexibility index (Phi) is 8.34. The van der Waals surface area contributed by atoms with Gasteiger partial charge in [0, 0.05) is 24.5 Å². The molecule has 2 amide bonds. The summed E-state index contributed by atoms with van der Waals surface area (Å²) in [6, 6.07) is 16.8. The van der Waals surface area contributed by atoms with Gasteiger partial charge in [-0.05, 0) is 37.0 Å². The van der Waals surface area contributed by atoms with Gasteiger partial charge in [0.15, 0.2) is 0 Å². The molecule has 27 heavy (non-hydrogen) atoms. The molecule has 1 atom stereocenters. The number of nitrogens with zero attached hydrogens (tertiary/aromatic N) is 1. The zero-order valence-electron chi connectivity index (χ0n) is 16.0. The van der Waals surface area contributed by atoms with Crippen LogP contribution >= 0.6 is 11.6 Å². The highest BCUT2D eigenvalue weighted by Crippen LogP contribution is 2.19. The van der Waals surface area contributed by atoms with Crippen molar-refractivity contribution >= 4 is 23.4 Å². The average Bonchev–Trinajstić information content (AvgIpc) is 2.68. The predicted molar refractivity (Wildman–Crippen MR) is 110 cm³/mol. The van der Waals surface area contributed by atoms with E-state index in [2.05, 4.69) is 5.32 Å². The summed E-state index contributed by atoms with van der Waals surface area (Å²) in [7, 11) is 0. The number of carbonyl (C=O) groups is 2. The van der Waals surface area contributed by atoms with Crippen LogP contribution in [0.4, 0.5) is 0 Å². The number of rotatable bonds is 9. The van der Waals surface area contributed by atoms with Crippen LogP contribution in [0.2, 0.25) is 5.02 Å². The second-order valence-electron chi connectivity index (χ2n) is 6.42. The number of likely N-dealkylation sites (N-methyl/N-ethyl adjacent to an activating group) is 1. The Morgan fingerprint density at radius 3 is 2.33 bits per heavy atom. The highest BCUT2D eigenvalue weighted by molar-refractivity contribution is 6.31. The Morgan fingerprint density at radius 1 is 1.04 bits per heavy atom. The molecular formula is C22H27ClN2O2. The molecule has 0 radical (unpaired) electrons. The van der Waals surface area contributed by atoms with Gasteiger partial charge in [-0.1, -0.05) is 67.1 Å². The third-order valence-electron chi connectivity index (χ3n) is 4.50. The lowest BCUT2D eigenvalue weighted by molar-refractivity contribution is -0.141. The van der Waals surface area contributed by atoms with E-state index in [9.17, 15) is 9.59 Å². The highest BCUT2D eigenvalue weighted by Gasteiger charge is 2.28. The first-order valence-electron chi connectivity index (χ1n) is 9.41. The van der Waals surface area contributed by atoms with Crippen LogP contribution in [0.3, 0.4) is 0 Å². The largest absolute Gasteiger partial charge is 0.355 e. The Bertz CT molecular complexity index is 749. The van der Waals surface area contributed by atoms with E-state index >= 15 is 0 Å². The molecule has 0 aliphatic rings. The Labute approximate surface area is 166 Å². The van der Waals surface area contributed by atoms with Crippen molar-refractivity contribution in [3.8, 4) is 0 Å². The zero-order chi connectivity index (χ0) is 19.6. The van der Waals surface area contributed by atoms with Gasteiger partial charge < -0.3 is 10.2 Å². The van der Waals surface area contributed by atoms with Crippen LogP contribution in [0.25, 0.3) is 0 Å². The molecule has 0 saturated heterocycles. The van der Waals surface area contributed by atoms with Crippen LogP contribution in [-0.2, 0) is 22.6 Å². The van der Waals surface area contributed by atoms with Crippen molar-refractivity contribution in [2.45, 2.75) is 45.7 Å². The number of carbonyl (C=O) groups excluding carboxylic acids is 2. The minimum absolute atomic E-state index is 0.0446. The molecule has 0 saturated carbocycles. The molecule has 2 aromatic rings. The van der Waals surface area contributed by atoms with E-state index in [1.54, 1.807) is 4.90 Å². The topological polar surface area (TPSA) is 49.4 Å². The fourth-order valence-corrected chi connectivity index (χ4v) is 3.31. The normalized spacial score (nSPS) is 11.7. The Balaban J connectivity index is 2.17. The van der Waals surface area contributed by atoms with E-state index in [-0.39, 0.29) is 11.8 Å². The molecule has 144 valence electrons. The van der Waals surface area contributed by atoms with Gasteiger partial charge in [0.1, 0.15) is 6.04 Å². The summed E-state index contributed by atoms with van der Waals surface area (Å²) < 4.78 is 0. The molecule has 0 heterocycles. The van der Waals surface area contributed by atoms with E-state index in [0.29, 0.717) is 37.4 Å². The van der Waals surface area contributed by atoms with Crippen LogP contribution in [0.5, 0.6) is 0 Å². The average molecular weight is 387 g/mol. The maximum Gasteiger partial charge on any atom is 0.242 e. The van der Waals surface area contributed by atoms with Crippen LogP contribution in [0.15, 0.2) is 54.6 Å². The Hall–Kier alpha value is -2.33. The molecule has 5 heteroatoms. The number of nitrogens with one attached hydrogen (secondary N) is 1. The zero-order valence-corrected chi connectivity index (χ0v) is 16.7. The summed E-state index contributed by atoms with van der Waals surface area (Å²) in [5.41, 5.74) is 1.95. The number of aryl methyl sites for hydroxylation is 1. The Morgan fingerprint density at radius 2 is 1.70 bits per heavy atom. The molecule has 0 aliphatic carbocycles. The fourth-order valence-electron chi connectivity index (χ4n) is 3.08. The van der Waals surface area contributed by atoms with Crippen molar-refractivity contribution in [1.29, 1.82) is 0 Å². The van der Waals surface area contributed by atoms with Crippen LogP contribution in [0, 0.1) is 0 Å². The van der Waals surface area contributed by atoms with Crippen molar-refractivity contribution in [1.82, 2.24) is 10.2 Å². The monoisotopic (exact) mass is 386 g/mol. The maximum atomic E-state index is 13.0. The molecule has 0 fully saturated rings. The van der Waals surface area contributed by atoms with Gasteiger partial charge in [-0.3, -0.25) is 9.59 Å². The maximum absolute atomic E-state index is 13.0. The number of hydrogen-bond donors (Lipinski definition) is 1. The smallest absolute Gasteiger partial charge is 0.242 e. The summed E-state index contributed by atoms with van der Waals surface area (Å²) in [5.74, 6) is -0.154. The van der Waals surface area contributed by atoms with Gasteiger partial charge in [-0.15, -0.1) is 0 Å². The van der Waals surface area contributed by atoms with Crippen LogP contribution < -0.4 is 5.32 Å². The molecule has 0 aromatic heterocycles. The minimum Gasteiger partial charge on any atom is -0.355 e. The predicted octanol–water partition coefficient (Wildman–Crippen LogP) is 4.22. The summed E-state index contributed by atoms with van der Waals surface area (Å²) in [6.45, 7) is 4.77. The van der Waals surface area contributed by atoms with E-state index in [0.717, 1.165) is 11.1 Å². The van der Waals surface area contributed by atoms with Gasteiger partial charge in [-0.2, -0.15) is 0 Å². The lowest BCUT2D eigenvalue weighted by Crippen LogP contribution is -2.49. The van der Waals surface area contributed by atoms with Crippen molar-refractivity contribution in [2.24, 2.45) is 0 Å². The van der Waals surface area contributed by atoms with Gasteiger partial charge in [0.2, 0.25) is 11.8 Å². The molecule has 0 spiro atoms. The van der Waals surface area contributed by atoms with E-state index in [4.69, 9.17) is 11.6 Å². The van der Waals surface area contributed by atoms with Crippen LogP contribution in [0.1, 0.15) is 37.8 Å². The standard InChI is InChI=1S/C22H27ClN2O2/c1-3-20(22(27)24-4-2)25(16-17-10-6-5-7-11-17)21(26)15-14-18-12-8-9-13-19(18)23/h5-13,20H,3-4,14-16H2,1-2H3,(H,24,27)/t20-/m1/s1. The first-order valence-corrected chi connectivity index (χ1v) is 9.79. The van der Waals surface area contributed by atoms with Crippen LogP contribution in [-0.4, -0.2) is 29.3 Å². The summed E-state index contributed by atoms with van der Waals surface area (Å²) in [4.78, 5) is 27.2. The second kappa shape index (κ2) is 10.7. The number of amides is 2. The summed E-state index contributed by atoms with van der Waals surface area (Å²) in [6.07, 6.45) is 1.43. The third-order valence-corrected chi connectivity index (χ3v) is 4.87. The molecule has 2 rings (SSSR count). The molecule has 0 aliphatic heterocycles. The van der Waals surface area contributed by atoms with Gasteiger partial charge in [0.25, 0.3) is 0 Å². The second-order valence-corrected chi connectivity index (χ2v) is 6.82. The first-order chi connectivity index (χ1) is 13.1. The number of halogens is 1. The van der Waals surface area contributed by atoms with E-state index in [1.165, 1.54) is 0 Å². The quantitative estimate of drug-likeness (QED) is 0.701. The summed E-state index contributed by atoms with van der Waals surface area (Å²) in [5, 5.41) is 3.51. The first kappa shape index (κ1) is 21.0. The SMILES string of the molecule is CCNC(=O)[C@@H](CC)N(Cc1ccccc1)C(=O)CCc1ccccc1Cl. The van der Waals surface area contributed by atoms with Crippen molar-refractivity contribution in [3.05, 3.63) is 70.7 Å². The molecule has 2 aromatic carbocycles. The molecular weight excluding hydrogens is 360 g/mol. The third kappa shape index (κ3) is 6.10. The van der Waals surface area contributed by atoms with Gasteiger partial charge in [-0.25, -0.2) is 0 Å². The number of hydrogen-bond acceptors (Lipinski definition) is 2. The van der Waals surface area contributed by atoms with Crippen molar-refractivity contribution < 1.29 is 9.59 Å².